The van der Waals surface area contributed by atoms with E-state index in [9.17, 15) is 74.6 Å². The lowest BCUT2D eigenvalue weighted by Gasteiger charge is -2.42. The van der Waals surface area contributed by atoms with Crippen LogP contribution in [-0.2, 0) is 0 Å². The van der Waals surface area contributed by atoms with Crippen molar-refractivity contribution in [3.05, 3.63) is 0 Å². The van der Waals surface area contributed by atoms with Crippen LogP contribution in [0, 0.1) is 0 Å². The Morgan fingerprint density at radius 2 is 0.733 bits per heavy atom. The van der Waals surface area contributed by atoms with Gasteiger partial charge in [-0.25, -0.2) is 0 Å². The summed E-state index contributed by atoms with van der Waals surface area (Å²) in [5.74, 6) is -50.1. The lowest BCUT2D eigenvalue weighted by atomic mass is 9.91. The Bertz CT molecular complexity index is 642. The molecule has 0 spiro atoms. The van der Waals surface area contributed by atoms with Crippen LogP contribution in [0.2, 0.25) is 0 Å². The summed E-state index contributed by atoms with van der Waals surface area (Å²) < 4.78 is 218. The Morgan fingerprint density at radius 1 is 0.500 bits per heavy atom. The molecule has 0 aliphatic rings. The number of rotatable bonds is 7. The van der Waals surface area contributed by atoms with Gasteiger partial charge in [-0.05, 0) is 0 Å². The van der Waals surface area contributed by atoms with E-state index in [1.165, 1.54) is 0 Å². The van der Waals surface area contributed by atoms with E-state index in [0.717, 1.165) is 0 Å². The summed E-state index contributed by atoms with van der Waals surface area (Å²) in [5, 5.41) is -4.41. The number of halogens is 18. The molecule has 2 nitrogen and oxygen atoms in total. The molecule has 182 valence electrons. The van der Waals surface area contributed by atoms with Crippen LogP contribution >= 0.6 is 11.8 Å². The maximum absolute atomic E-state index is 13.2. The highest BCUT2D eigenvalue weighted by Crippen LogP contribution is 2.64. The quantitative estimate of drug-likeness (QED) is 0.191. The molecule has 4 N–H and O–H groups in total. The average Bonchev–Trinajstić information content (AvgIpc) is 2.43. The van der Waals surface area contributed by atoms with Gasteiger partial charge >= 0.3 is 52.1 Å². The molecule has 0 unspecified atom stereocenters. The average molecular weight is 622 g/mol. The van der Waals surface area contributed by atoms with Gasteiger partial charge in [0.1, 0.15) is 0 Å². The number of hydrogen-bond donors (Lipinski definition) is 2. The van der Waals surface area contributed by atoms with Crippen LogP contribution in [0.4, 0.5) is 74.6 Å². The zero-order valence-electron chi connectivity index (χ0n) is 12.9. The standard InChI is InChI=1S/C9H3F17N2S.HI/c10-2(11,4(14,15)6(18,19)8(22,23)24)3(12,13)5(16,17)7(20,21)9(25,26)29-1(27)28;/h(H3,27,28);1H. The summed E-state index contributed by atoms with van der Waals surface area (Å²) in [6, 6.07) is 0. The van der Waals surface area contributed by atoms with E-state index in [-0.39, 0.29) is 24.0 Å². The third-order valence-electron chi connectivity index (χ3n) is 2.94. The van der Waals surface area contributed by atoms with E-state index in [1.807, 2.05) is 0 Å². The molecule has 0 aromatic carbocycles. The van der Waals surface area contributed by atoms with Crippen molar-refractivity contribution in [2.45, 2.75) is 47.0 Å². The molecule has 0 atom stereocenters. The predicted octanol–water partition coefficient (Wildman–Crippen LogP) is 0.764. The Kier molecular flexibility index (Phi) is 8.46. The van der Waals surface area contributed by atoms with Gasteiger partial charge in [0.05, 0.1) is 0 Å². The molecule has 0 radical (unpaired) electrons. The summed E-state index contributed by atoms with van der Waals surface area (Å²) >= 11 is -2.05. The van der Waals surface area contributed by atoms with Gasteiger partial charge in [-0.1, -0.05) is 0 Å². The second-order valence-corrected chi connectivity index (χ2v) is 6.15. The minimum atomic E-state index is -8.65. The molecule has 0 fully saturated rings. The normalized spacial score (nSPS) is 15.6. The van der Waals surface area contributed by atoms with Crippen molar-refractivity contribution in [2.75, 3.05) is 0 Å². The molecule has 0 aliphatic heterocycles. The van der Waals surface area contributed by atoms with Crippen LogP contribution in [0.15, 0.2) is 0 Å². The number of amidine groups is 1. The van der Waals surface area contributed by atoms with Crippen LogP contribution in [0.5, 0.6) is 0 Å². The van der Waals surface area contributed by atoms with Crippen LogP contribution in [0.25, 0.3) is 0 Å². The molecule has 30 heavy (non-hydrogen) atoms. The molecule has 0 bridgehead atoms. The molecule has 0 heterocycles. The zero-order valence-corrected chi connectivity index (χ0v) is 15.8. The van der Waals surface area contributed by atoms with Crippen molar-refractivity contribution in [1.29, 1.82) is 0 Å². The fraction of sp³-hybridized carbons (Fsp3) is 0.889. The monoisotopic (exact) mass is 622 g/mol. The zero-order chi connectivity index (χ0) is 24.3. The molecule has 21 heteroatoms. The SMILES string of the molecule is NC(=[NH2+])SC(F)(F)C(F)(F)C(F)(F)C(F)(F)C(F)(F)C(F)(F)C(F)(F)C(F)(F)F.[I-]. The van der Waals surface area contributed by atoms with E-state index >= 15 is 0 Å². The predicted molar refractivity (Wildman–Crippen MR) is 59.4 cm³/mol. The molecule has 0 aliphatic carbocycles. The van der Waals surface area contributed by atoms with Gasteiger partial charge in [0.2, 0.25) is 0 Å². The summed E-state index contributed by atoms with van der Waals surface area (Å²) in [6.45, 7) is 0. The van der Waals surface area contributed by atoms with E-state index in [2.05, 4.69) is 11.1 Å². The van der Waals surface area contributed by atoms with E-state index < -0.39 is 63.9 Å². The first-order chi connectivity index (χ1) is 12.2. The molecular weight excluding hydrogens is 618 g/mol. The largest absolute Gasteiger partial charge is 1.00 e. The van der Waals surface area contributed by atoms with Crippen LogP contribution in [0.1, 0.15) is 0 Å². The minimum Gasteiger partial charge on any atom is -1.00 e. The molecular formula is C9H4F17IN2S. The molecule has 0 aromatic rings. The maximum Gasteiger partial charge on any atom is 0.460 e. The van der Waals surface area contributed by atoms with Crippen LogP contribution in [0.3, 0.4) is 0 Å². The van der Waals surface area contributed by atoms with E-state index in [0.29, 0.717) is 0 Å². The van der Waals surface area contributed by atoms with Gasteiger partial charge in [-0.15, -0.1) is 0 Å². The highest BCUT2D eigenvalue weighted by Gasteiger charge is 2.95. The Morgan fingerprint density at radius 3 is 0.967 bits per heavy atom. The topological polar surface area (TPSA) is 51.6 Å². The van der Waals surface area contributed by atoms with E-state index in [1.54, 1.807) is 0 Å². The van der Waals surface area contributed by atoms with Crippen molar-refractivity contribution in [1.82, 2.24) is 0 Å². The van der Waals surface area contributed by atoms with Gasteiger partial charge in [-0.2, -0.15) is 74.6 Å². The smallest absolute Gasteiger partial charge is 0.460 e. The van der Waals surface area contributed by atoms with Gasteiger partial charge < -0.3 is 24.0 Å². The van der Waals surface area contributed by atoms with Crippen LogP contribution in [-0.4, -0.2) is 52.1 Å². The first-order valence-corrected chi connectivity index (χ1v) is 6.76. The molecule has 0 saturated carbocycles. The summed E-state index contributed by atoms with van der Waals surface area (Å²) in [5.41, 5.74) is 4.21. The first-order valence-electron chi connectivity index (χ1n) is 5.95. The molecule has 0 saturated heterocycles. The Balaban J connectivity index is 0. The number of thioether (sulfide) groups is 1. The van der Waals surface area contributed by atoms with Crippen molar-refractivity contribution < 1.29 is 104 Å². The number of nitrogens with two attached hydrogens (primary N) is 2. The third-order valence-corrected chi connectivity index (χ3v) is 3.69. The van der Waals surface area contributed by atoms with Crippen molar-refractivity contribution >= 4 is 16.9 Å². The Hall–Kier alpha value is -0.640. The van der Waals surface area contributed by atoms with Gasteiger partial charge in [0.15, 0.2) is 0 Å². The van der Waals surface area contributed by atoms with E-state index in [4.69, 9.17) is 0 Å². The van der Waals surface area contributed by atoms with Gasteiger partial charge in [-0.3, -0.25) is 11.1 Å². The number of alkyl halides is 17. The first kappa shape index (κ1) is 31.5. The molecule has 0 rings (SSSR count). The lowest BCUT2D eigenvalue weighted by molar-refractivity contribution is -0.458. The summed E-state index contributed by atoms with van der Waals surface area (Å²) in [6.07, 6.45) is -7.78. The number of hydrogen-bond acceptors (Lipinski definition) is 1. The van der Waals surface area contributed by atoms with Crippen molar-refractivity contribution in [2.24, 2.45) is 5.73 Å². The summed E-state index contributed by atoms with van der Waals surface area (Å²) in [7, 11) is 0. The third kappa shape index (κ3) is 4.19. The molecule has 0 amide bonds. The van der Waals surface area contributed by atoms with Crippen molar-refractivity contribution in [3.63, 3.8) is 0 Å². The fourth-order valence-corrected chi connectivity index (χ4v) is 1.91. The Labute approximate surface area is 174 Å². The lowest BCUT2D eigenvalue weighted by Crippen LogP contribution is -3.00. The minimum absolute atomic E-state index is 0. The highest BCUT2D eigenvalue weighted by atomic mass is 127. The second kappa shape index (κ2) is 8.05. The fourth-order valence-electron chi connectivity index (χ4n) is 1.36. The summed E-state index contributed by atoms with van der Waals surface area (Å²) in [4.78, 5) is 0. The maximum atomic E-state index is 13.2. The van der Waals surface area contributed by atoms with Crippen molar-refractivity contribution in [3.8, 4) is 0 Å². The molecule has 0 aromatic heterocycles. The highest BCUT2D eigenvalue weighted by molar-refractivity contribution is 8.14. The van der Waals surface area contributed by atoms with Gasteiger partial charge in [0.25, 0.3) is 0 Å². The van der Waals surface area contributed by atoms with Crippen LogP contribution < -0.4 is 35.1 Å². The second-order valence-electron chi connectivity index (χ2n) is 4.97. The van der Waals surface area contributed by atoms with Gasteiger partial charge in [0, 0.05) is 11.8 Å².